The summed E-state index contributed by atoms with van der Waals surface area (Å²) in [6, 6.07) is 0.858. The van der Waals surface area contributed by atoms with Crippen molar-refractivity contribution in [2.45, 2.75) is 129 Å². The van der Waals surface area contributed by atoms with Gasteiger partial charge in [0.1, 0.15) is 0 Å². The first-order valence-corrected chi connectivity index (χ1v) is 16.2. The van der Waals surface area contributed by atoms with Gasteiger partial charge in [0.2, 0.25) is 0 Å². The average molecular weight is 489 g/mol. The van der Waals surface area contributed by atoms with Crippen molar-refractivity contribution in [3.8, 4) is 0 Å². The summed E-state index contributed by atoms with van der Waals surface area (Å²) < 4.78 is 16.6. The molecule has 0 radical (unpaired) electrons. The Balaban J connectivity index is 3.53. The lowest BCUT2D eigenvalue weighted by Crippen LogP contribution is -2.43. The van der Waals surface area contributed by atoms with Crippen molar-refractivity contribution in [2.75, 3.05) is 47.5 Å². The van der Waals surface area contributed by atoms with E-state index in [1.165, 1.54) is 109 Å². The van der Waals surface area contributed by atoms with E-state index in [2.05, 4.69) is 11.8 Å². The normalized spacial score (nSPS) is 12.2. The van der Waals surface area contributed by atoms with E-state index in [1.807, 2.05) is 0 Å². The van der Waals surface area contributed by atoms with Crippen molar-refractivity contribution in [2.24, 2.45) is 5.73 Å². The minimum Gasteiger partial charge on any atom is -0.377 e. The molecule has 0 atom stereocenters. The van der Waals surface area contributed by atoms with Crippen LogP contribution in [0.25, 0.3) is 0 Å². The number of rotatable bonds is 27. The summed E-state index contributed by atoms with van der Waals surface area (Å²) in [5.74, 6) is 0. The van der Waals surface area contributed by atoms with Gasteiger partial charge in [-0.1, -0.05) is 110 Å². The molecule has 0 aromatic rings. The molecular formula is C27H60N2O3Si. The topological polar surface area (TPSA) is 57.0 Å². The summed E-state index contributed by atoms with van der Waals surface area (Å²) in [5, 5.41) is 0. The smallest absolute Gasteiger partial charge is 0.377 e. The Labute approximate surface area is 208 Å². The van der Waals surface area contributed by atoms with E-state index in [0.29, 0.717) is 0 Å². The summed E-state index contributed by atoms with van der Waals surface area (Å²) >= 11 is 0. The van der Waals surface area contributed by atoms with E-state index in [4.69, 9.17) is 19.0 Å². The minimum atomic E-state index is -2.44. The SMILES string of the molecule is CCCCCCCCCCCCCCCCCCCN(CCN)CCC[Si](OC)(OC)OC. The third-order valence-electron chi connectivity index (χ3n) is 6.91. The van der Waals surface area contributed by atoms with Crippen LogP contribution < -0.4 is 5.73 Å². The van der Waals surface area contributed by atoms with Gasteiger partial charge in [-0.2, -0.15) is 0 Å². The van der Waals surface area contributed by atoms with Crippen LogP contribution >= 0.6 is 0 Å². The van der Waals surface area contributed by atoms with Crippen LogP contribution in [0.1, 0.15) is 122 Å². The predicted octanol–water partition coefficient (Wildman–Crippen LogP) is 7.17. The van der Waals surface area contributed by atoms with Crippen LogP contribution in [0.15, 0.2) is 0 Å². The Kier molecular flexibility index (Phi) is 25.1. The molecule has 0 bridgehead atoms. The van der Waals surface area contributed by atoms with E-state index >= 15 is 0 Å². The van der Waals surface area contributed by atoms with E-state index in [-0.39, 0.29) is 0 Å². The zero-order chi connectivity index (χ0) is 24.5. The highest BCUT2D eigenvalue weighted by atomic mass is 28.4. The fourth-order valence-electron chi connectivity index (χ4n) is 4.65. The lowest BCUT2D eigenvalue weighted by molar-refractivity contribution is 0.121. The summed E-state index contributed by atoms with van der Waals surface area (Å²) in [5.41, 5.74) is 5.82. The van der Waals surface area contributed by atoms with Crippen molar-refractivity contribution in [1.29, 1.82) is 0 Å². The maximum atomic E-state index is 5.82. The predicted molar refractivity (Wildman–Crippen MR) is 146 cm³/mol. The first-order chi connectivity index (χ1) is 16.2. The molecular weight excluding hydrogens is 428 g/mol. The monoisotopic (exact) mass is 488 g/mol. The Morgan fingerprint density at radius 1 is 0.515 bits per heavy atom. The van der Waals surface area contributed by atoms with Crippen molar-refractivity contribution in [3.05, 3.63) is 0 Å². The minimum absolute atomic E-state index is 0.723. The number of nitrogens with zero attached hydrogens (tertiary/aromatic N) is 1. The molecule has 0 rings (SSSR count). The van der Waals surface area contributed by atoms with Gasteiger partial charge < -0.3 is 23.9 Å². The van der Waals surface area contributed by atoms with Crippen molar-refractivity contribution in [3.63, 3.8) is 0 Å². The van der Waals surface area contributed by atoms with Gasteiger partial charge in [0.15, 0.2) is 0 Å². The third-order valence-corrected chi connectivity index (χ3v) is 9.75. The number of hydrogen-bond donors (Lipinski definition) is 1. The maximum absolute atomic E-state index is 5.82. The molecule has 0 unspecified atom stereocenters. The van der Waals surface area contributed by atoms with Crippen LogP contribution in [0.2, 0.25) is 6.04 Å². The van der Waals surface area contributed by atoms with Crippen LogP contribution in [-0.4, -0.2) is 61.2 Å². The zero-order valence-corrected chi connectivity index (χ0v) is 24.0. The molecule has 0 spiro atoms. The second kappa shape index (κ2) is 25.1. The second-order valence-corrected chi connectivity index (χ2v) is 12.8. The quantitative estimate of drug-likeness (QED) is 0.0981. The fraction of sp³-hybridized carbons (Fsp3) is 1.00. The highest BCUT2D eigenvalue weighted by molar-refractivity contribution is 6.60. The molecule has 0 saturated heterocycles. The number of hydrogen-bond acceptors (Lipinski definition) is 5. The lowest BCUT2D eigenvalue weighted by atomic mass is 10.0. The first-order valence-electron chi connectivity index (χ1n) is 14.3. The van der Waals surface area contributed by atoms with E-state index < -0.39 is 8.80 Å². The molecule has 0 heterocycles. The molecule has 0 fully saturated rings. The van der Waals surface area contributed by atoms with Crippen LogP contribution in [0, 0.1) is 0 Å². The van der Waals surface area contributed by atoms with Crippen molar-refractivity contribution < 1.29 is 13.3 Å². The fourth-order valence-corrected chi connectivity index (χ4v) is 6.36. The van der Waals surface area contributed by atoms with Crippen LogP contribution in [-0.2, 0) is 13.3 Å². The van der Waals surface area contributed by atoms with Gasteiger partial charge in [0, 0.05) is 40.5 Å². The first kappa shape index (κ1) is 33.0. The molecule has 6 heteroatoms. The average Bonchev–Trinajstić information content (AvgIpc) is 2.84. The summed E-state index contributed by atoms with van der Waals surface area (Å²) in [6.45, 7) is 6.18. The number of unbranched alkanes of at least 4 members (excludes halogenated alkanes) is 16. The van der Waals surface area contributed by atoms with Gasteiger partial charge >= 0.3 is 8.80 Å². The molecule has 0 aromatic carbocycles. The molecule has 0 saturated carbocycles. The Bertz CT molecular complexity index is 376. The van der Waals surface area contributed by atoms with Crippen LogP contribution in [0.5, 0.6) is 0 Å². The number of nitrogens with two attached hydrogens (primary N) is 1. The summed E-state index contributed by atoms with van der Waals surface area (Å²) in [6.07, 6.45) is 25.1. The Morgan fingerprint density at radius 3 is 1.24 bits per heavy atom. The van der Waals surface area contributed by atoms with Crippen LogP contribution in [0.4, 0.5) is 0 Å². The molecule has 2 N–H and O–H groups in total. The molecule has 0 aliphatic rings. The van der Waals surface area contributed by atoms with E-state index in [1.54, 1.807) is 21.3 Å². The van der Waals surface area contributed by atoms with Crippen molar-refractivity contribution >= 4 is 8.80 Å². The standard InChI is InChI=1S/C27H60N2O3Si/c1-5-6-7-8-9-10-11-12-13-14-15-16-17-18-19-20-21-24-29(26-23-28)25-22-27-33(30-2,31-3)32-4/h5-28H2,1-4H3. The highest BCUT2D eigenvalue weighted by Crippen LogP contribution is 2.16. The molecule has 200 valence electrons. The van der Waals surface area contributed by atoms with Gasteiger partial charge in [0.05, 0.1) is 0 Å². The summed E-state index contributed by atoms with van der Waals surface area (Å²) in [4.78, 5) is 2.49. The second-order valence-electron chi connectivity index (χ2n) is 9.69. The Morgan fingerprint density at radius 2 is 0.879 bits per heavy atom. The molecule has 0 aliphatic heterocycles. The zero-order valence-electron chi connectivity index (χ0n) is 23.0. The molecule has 5 nitrogen and oxygen atoms in total. The van der Waals surface area contributed by atoms with Gasteiger partial charge in [-0.3, -0.25) is 0 Å². The Hall–Kier alpha value is 0.0169. The highest BCUT2D eigenvalue weighted by Gasteiger charge is 2.36. The molecule has 0 amide bonds. The van der Waals surface area contributed by atoms with Gasteiger partial charge in [-0.05, 0) is 25.9 Å². The van der Waals surface area contributed by atoms with E-state index in [9.17, 15) is 0 Å². The molecule has 33 heavy (non-hydrogen) atoms. The maximum Gasteiger partial charge on any atom is 0.500 e. The molecule has 0 aliphatic carbocycles. The van der Waals surface area contributed by atoms with Crippen LogP contribution in [0.3, 0.4) is 0 Å². The third kappa shape index (κ3) is 20.0. The summed E-state index contributed by atoms with van der Waals surface area (Å²) in [7, 11) is 2.62. The van der Waals surface area contributed by atoms with Gasteiger partial charge in [-0.15, -0.1) is 0 Å². The largest absolute Gasteiger partial charge is 0.500 e. The van der Waals surface area contributed by atoms with Gasteiger partial charge in [0.25, 0.3) is 0 Å². The molecule has 0 aromatic heterocycles. The van der Waals surface area contributed by atoms with Crippen molar-refractivity contribution in [1.82, 2.24) is 4.90 Å². The lowest BCUT2D eigenvalue weighted by Gasteiger charge is -2.26. The van der Waals surface area contributed by atoms with E-state index in [0.717, 1.165) is 38.6 Å². The van der Waals surface area contributed by atoms with Gasteiger partial charge in [-0.25, -0.2) is 0 Å².